The molecule has 1 N–H and O–H groups in total. The van der Waals surface area contributed by atoms with Gasteiger partial charge in [0.15, 0.2) is 0 Å². The standard InChI is InChI=1S/C16H23NO/c1-17-9-8-13-11-14(6-7-15(13)17)16(18)10-12-4-2-3-5-12/h6-7,11-12,16,18H,2-5,8-10H2,1H3. The lowest BCUT2D eigenvalue weighted by molar-refractivity contribution is 0.145. The summed E-state index contributed by atoms with van der Waals surface area (Å²) in [6, 6.07) is 6.51. The first kappa shape index (κ1) is 12.0. The van der Waals surface area contributed by atoms with Crippen molar-refractivity contribution in [3.8, 4) is 0 Å². The molecule has 3 rings (SSSR count). The first-order valence-electron chi connectivity index (χ1n) is 7.26. The maximum absolute atomic E-state index is 10.4. The van der Waals surface area contributed by atoms with E-state index in [9.17, 15) is 5.11 Å². The van der Waals surface area contributed by atoms with Gasteiger partial charge in [-0.3, -0.25) is 0 Å². The maximum atomic E-state index is 10.4. The summed E-state index contributed by atoms with van der Waals surface area (Å²) in [5, 5.41) is 10.4. The van der Waals surface area contributed by atoms with Gasteiger partial charge in [0, 0.05) is 19.3 Å². The van der Waals surface area contributed by atoms with E-state index in [1.807, 2.05) is 0 Å². The van der Waals surface area contributed by atoms with E-state index in [0.29, 0.717) is 0 Å². The van der Waals surface area contributed by atoms with Crippen LogP contribution < -0.4 is 4.90 Å². The lowest BCUT2D eigenvalue weighted by atomic mass is 9.94. The molecule has 1 aromatic rings. The first-order valence-corrected chi connectivity index (χ1v) is 7.26. The van der Waals surface area contributed by atoms with E-state index in [-0.39, 0.29) is 6.10 Å². The zero-order valence-corrected chi connectivity index (χ0v) is 11.2. The minimum Gasteiger partial charge on any atom is -0.388 e. The molecule has 0 bridgehead atoms. The molecule has 1 heterocycles. The molecule has 1 saturated carbocycles. The number of benzene rings is 1. The van der Waals surface area contributed by atoms with Gasteiger partial charge in [0.05, 0.1) is 6.10 Å². The first-order chi connectivity index (χ1) is 8.74. The van der Waals surface area contributed by atoms with Crippen molar-refractivity contribution in [2.45, 2.75) is 44.6 Å². The minimum absolute atomic E-state index is 0.260. The van der Waals surface area contributed by atoms with Crippen molar-refractivity contribution in [3.05, 3.63) is 29.3 Å². The highest BCUT2D eigenvalue weighted by atomic mass is 16.3. The smallest absolute Gasteiger partial charge is 0.0792 e. The zero-order chi connectivity index (χ0) is 12.5. The normalized spacial score (nSPS) is 21.3. The Morgan fingerprint density at radius 1 is 1.33 bits per heavy atom. The van der Waals surface area contributed by atoms with E-state index < -0.39 is 0 Å². The van der Waals surface area contributed by atoms with Gasteiger partial charge < -0.3 is 10.0 Å². The molecule has 0 amide bonds. The van der Waals surface area contributed by atoms with Gasteiger partial charge in [0.25, 0.3) is 0 Å². The van der Waals surface area contributed by atoms with Crippen LogP contribution in [0.4, 0.5) is 5.69 Å². The Kier molecular flexibility index (Phi) is 3.29. The van der Waals surface area contributed by atoms with Crippen molar-refractivity contribution in [3.63, 3.8) is 0 Å². The van der Waals surface area contributed by atoms with Gasteiger partial charge in [-0.25, -0.2) is 0 Å². The summed E-state index contributed by atoms with van der Waals surface area (Å²) in [5.41, 5.74) is 3.86. The Bertz CT molecular complexity index is 423. The monoisotopic (exact) mass is 245 g/mol. The van der Waals surface area contributed by atoms with E-state index in [0.717, 1.165) is 30.9 Å². The largest absolute Gasteiger partial charge is 0.388 e. The van der Waals surface area contributed by atoms with Crippen molar-refractivity contribution in [2.75, 3.05) is 18.5 Å². The molecular formula is C16H23NO. The third-order valence-electron chi connectivity index (χ3n) is 4.65. The number of likely N-dealkylation sites (N-methyl/N-ethyl adjacent to an activating group) is 1. The highest BCUT2D eigenvalue weighted by molar-refractivity contribution is 5.58. The fraction of sp³-hybridized carbons (Fsp3) is 0.625. The fourth-order valence-corrected chi connectivity index (χ4v) is 3.49. The Morgan fingerprint density at radius 3 is 2.89 bits per heavy atom. The molecule has 0 saturated heterocycles. The van der Waals surface area contributed by atoms with Crippen LogP contribution in [0.15, 0.2) is 18.2 Å². The number of hydrogen-bond donors (Lipinski definition) is 1. The number of aliphatic hydroxyl groups excluding tert-OH is 1. The molecule has 2 nitrogen and oxygen atoms in total. The Balaban J connectivity index is 1.72. The second-order valence-corrected chi connectivity index (χ2v) is 5.96. The van der Waals surface area contributed by atoms with E-state index in [2.05, 4.69) is 30.1 Å². The van der Waals surface area contributed by atoms with Crippen LogP contribution in [0, 0.1) is 5.92 Å². The van der Waals surface area contributed by atoms with Crippen LogP contribution in [-0.2, 0) is 6.42 Å². The number of nitrogens with zero attached hydrogens (tertiary/aromatic N) is 1. The highest BCUT2D eigenvalue weighted by Gasteiger charge is 2.22. The maximum Gasteiger partial charge on any atom is 0.0792 e. The SMILES string of the molecule is CN1CCc2cc(C(O)CC3CCCC3)ccc21. The van der Waals surface area contributed by atoms with Gasteiger partial charge in [-0.2, -0.15) is 0 Å². The van der Waals surface area contributed by atoms with Gasteiger partial charge in [-0.1, -0.05) is 37.8 Å². The summed E-state index contributed by atoms with van der Waals surface area (Å²) in [4.78, 5) is 2.29. The molecule has 18 heavy (non-hydrogen) atoms. The number of hydrogen-bond acceptors (Lipinski definition) is 2. The quantitative estimate of drug-likeness (QED) is 0.883. The third-order valence-corrected chi connectivity index (χ3v) is 4.65. The van der Waals surface area contributed by atoms with Crippen LogP contribution in [0.3, 0.4) is 0 Å². The van der Waals surface area contributed by atoms with Crippen LogP contribution in [0.1, 0.15) is 49.3 Å². The molecule has 1 aromatic carbocycles. The van der Waals surface area contributed by atoms with Crippen molar-refractivity contribution < 1.29 is 5.11 Å². The molecule has 1 unspecified atom stereocenters. The predicted octanol–water partition coefficient (Wildman–Crippen LogP) is 3.29. The molecule has 1 aliphatic heterocycles. The number of fused-ring (bicyclic) bond motifs is 1. The van der Waals surface area contributed by atoms with E-state index in [1.165, 1.54) is 36.9 Å². The Hall–Kier alpha value is -1.02. The molecule has 1 aliphatic carbocycles. The second-order valence-electron chi connectivity index (χ2n) is 5.96. The predicted molar refractivity (Wildman–Crippen MR) is 75.0 cm³/mol. The van der Waals surface area contributed by atoms with Crippen molar-refractivity contribution in [2.24, 2.45) is 5.92 Å². The molecule has 1 atom stereocenters. The van der Waals surface area contributed by atoms with E-state index in [1.54, 1.807) is 0 Å². The minimum atomic E-state index is -0.260. The summed E-state index contributed by atoms with van der Waals surface area (Å²) in [6.45, 7) is 1.11. The molecule has 0 aromatic heterocycles. The summed E-state index contributed by atoms with van der Waals surface area (Å²) in [5.74, 6) is 0.746. The van der Waals surface area contributed by atoms with Gasteiger partial charge in [0.2, 0.25) is 0 Å². The van der Waals surface area contributed by atoms with E-state index in [4.69, 9.17) is 0 Å². The third kappa shape index (κ3) is 2.26. The number of aliphatic hydroxyl groups is 1. The molecule has 2 aliphatic rings. The van der Waals surface area contributed by atoms with Crippen LogP contribution in [0.2, 0.25) is 0 Å². The topological polar surface area (TPSA) is 23.5 Å². The van der Waals surface area contributed by atoms with Crippen LogP contribution >= 0.6 is 0 Å². The second kappa shape index (κ2) is 4.93. The number of rotatable bonds is 3. The van der Waals surface area contributed by atoms with Crippen LogP contribution in [-0.4, -0.2) is 18.7 Å². The molecule has 98 valence electrons. The molecule has 0 spiro atoms. The average molecular weight is 245 g/mol. The van der Waals surface area contributed by atoms with Crippen molar-refractivity contribution in [1.82, 2.24) is 0 Å². The van der Waals surface area contributed by atoms with E-state index >= 15 is 0 Å². The molecule has 2 heteroatoms. The molecule has 1 fully saturated rings. The van der Waals surface area contributed by atoms with Gasteiger partial charge in [0.1, 0.15) is 0 Å². The highest BCUT2D eigenvalue weighted by Crippen LogP contribution is 2.35. The Morgan fingerprint density at radius 2 is 2.11 bits per heavy atom. The zero-order valence-electron chi connectivity index (χ0n) is 11.2. The van der Waals surface area contributed by atoms with Crippen molar-refractivity contribution in [1.29, 1.82) is 0 Å². The fourth-order valence-electron chi connectivity index (χ4n) is 3.49. The summed E-state index contributed by atoms with van der Waals surface area (Å²) in [7, 11) is 2.14. The van der Waals surface area contributed by atoms with Gasteiger partial charge in [-0.15, -0.1) is 0 Å². The molecule has 0 radical (unpaired) electrons. The summed E-state index contributed by atoms with van der Waals surface area (Å²) < 4.78 is 0. The van der Waals surface area contributed by atoms with Gasteiger partial charge >= 0.3 is 0 Å². The van der Waals surface area contributed by atoms with Crippen molar-refractivity contribution >= 4 is 5.69 Å². The number of anilines is 1. The lowest BCUT2D eigenvalue weighted by Gasteiger charge is -2.17. The molecular weight excluding hydrogens is 222 g/mol. The lowest BCUT2D eigenvalue weighted by Crippen LogP contribution is -2.12. The Labute approximate surface area is 110 Å². The average Bonchev–Trinajstić information content (AvgIpc) is 2.99. The summed E-state index contributed by atoms with van der Waals surface area (Å²) >= 11 is 0. The summed E-state index contributed by atoms with van der Waals surface area (Å²) in [6.07, 6.45) is 7.14. The van der Waals surface area contributed by atoms with Crippen LogP contribution in [0.25, 0.3) is 0 Å². The van der Waals surface area contributed by atoms with Gasteiger partial charge in [-0.05, 0) is 36.0 Å². The van der Waals surface area contributed by atoms with Crippen LogP contribution in [0.5, 0.6) is 0 Å².